The number of carbonyl (C=O) groups is 2. The quantitative estimate of drug-likeness (QED) is 0.707. The average Bonchev–Trinajstić information content (AvgIpc) is 3.32. The molecule has 3 heterocycles. The van der Waals surface area contributed by atoms with Gasteiger partial charge < -0.3 is 9.64 Å². The van der Waals surface area contributed by atoms with Crippen LogP contribution in [0.15, 0.2) is 24.3 Å². The number of thioether (sulfide) groups is 1. The largest absolute Gasteiger partial charge is 0.497 e. The Hall–Kier alpha value is -1.73. The first-order chi connectivity index (χ1) is 13.5. The van der Waals surface area contributed by atoms with E-state index in [9.17, 15) is 9.59 Å². The van der Waals surface area contributed by atoms with Gasteiger partial charge in [0.15, 0.2) is 0 Å². The van der Waals surface area contributed by atoms with Crippen LogP contribution in [0.2, 0.25) is 0 Å². The maximum atomic E-state index is 13.1. The van der Waals surface area contributed by atoms with Crippen LogP contribution in [0, 0.1) is 0 Å². The van der Waals surface area contributed by atoms with Gasteiger partial charge in [-0.2, -0.15) is 11.8 Å². The van der Waals surface area contributed by atoms with Gasteiger partial charge in [0.25, 0.3) is 5.91 Å². The van der Waals surface area contributed by atoms with Gasteiger partial charge in [-0.1, -0.05) is 12.1 Å². The van der Waals surface area contributed by atoms with Crippen LogP contribution in [0.1, 0.15) is 24.8 Å². The van der Waals surface area contributed by atoms with Crippen molar-refractivity contribution in [3.05, 3.63) is 29.8 Å². The number of ether oxygens (including phenoxy) is 1. The van der Waals surface area contributed by atoms with Gasteiger partial charge in [0, 0.05) is 38.5 Å². The van der Waals surface area contributed by atoms with Crippen molar-refractivity contribution in [1.29, 1.82) is 0 Å². The molecule has 1 unspecified atom stereocenters. The molecule has 0 saturated carbocycles. The Morgan fingerprint density at radius 3 is 2.50 bits per heavy atom. The molecule has 0 aliphatic carbocycles. The topological polar surface area (TPSA) is 53.1 Å². The molecule has 0 aromatic heterocycles. The van der Waals surface area contributed by atoms with Crippen LogP contribution in [0.5, 0.6) is 5.75 Å². The van der Waals surface area contributed by atoms with Crippen LogP contribution in [0.3, 0.4) is 0 Å². The third-order valence-electron chi connectivity index (χ3n) is 6.57. The highest BCUT2D eigenvalue weighted by Gasteiger charge is 2.56. The van der Waals surface area contributed by atoms with E-state index in [-0.39, 0.29) is 11.9 Å². The van der Waals surface area contributed by atoms with Gasteiger partial charge in [0.1, 0.15) is 11.3 Å². The van der Waals surface area contributed by atoms with E-state index in [4.69, 9.17) is 4.74 Å². The van der Waals surface area contributed by atoms with E-state index < -0.39 is 5.54 Å². The average molecular weight is 404 g/mol. The molecule has 7 heteroatoms. The van der Waals surface area contributed by atoms with Crippen molar-refractivity contribution < 1.29 is 14.3 Å². The van der Waals surface area contributed by atoms with Crippen molar-refractivity contribution in [3.63, 3.8) is 0 Å². The Balaban J connectivity index is 1.46. The van der Waals surface area contributed by atoms with Crippen LogP contribution in [-0.4, -0.2) is 83.5 Å². The van der Waals surface area contributed by atoms with E-state index in [1.54, 1.807) is 14.2 Å². The number of imide groups is 1. The molecule has 3 aliphatic rings. The zero-order chi connectivity index (χ0) is 19.7. The number of rotatable bonds is 5. The number of nitrogens with zero attached hydrogens (tertiary/aromatic N) is 3. The van der Waals surface area contributed by atoms with Gasteiger partial charge in [-0.05, 0) is 49.1 Å². The predicted molar refractivity (Wildman–Crippen MR) is 111 cm³/mol. The van der Waals surface area contributed by atoms with Crippen molar-refractivity contribution in [1.82, 2.24) is 14.7 Å². The number of methoxy groups -OCH3 is 1. The minimum Gasteiger partial charge on any atom is -0.497 e. The van der Waals surface area contributed by atoms with Crippen molar-refractivity contribution in [2.75, 3.05) is 45.3 Å². The molecule has 3 fully saturated rings. The number of benzene rings is 1. The molecule has 6 nitrogen and oxygen atoms in total. The molecule has 1 aromatic rings. The minimum atomic E-state index is -0.652. The molecule has 1 aromatic carbocycles. The minimum absolute atomic E-state index is 0.0207. The second-order valence-electron chi connectivity index (χ2n) is 7.98. The molecule has 1 spiro atoms. The van der Waals surface area contributed by atoms with Gasteiger partial charge >= 0.3 is 6.03 Å². The molecular formula is C21H29N3O3S. The summed E-state index contributed by atoms with van der Waals surface area (Å²) in [5.74, 6) is 3.24. The number of hydrogen-bond donors (Lipinski definition) is 0. The summed E-state index contributed by atoms with van der Waals surface area (Å²) in [6.07, 6.45) is 3.46. The first-order valence-electron chi connectivity index (χ1n) is 10.1. The lowest BCUT2D eigenvalue weighted by Crippen LogP contribution is -2.58. The fourth-order valence-corrected chi connectivity index (χ4v) is 6.03. The normalized spacial score (nSPS) is 25.1. The lowest BCUT2D eigenvalue weighted by atomic mass is 9.85. The highest BCUT2D eigenvalue weighted by atomic mass is 32.2. The van der Waals surface area contributed by atoms with Crippen molar-refractivity contribution in [3.8, 4) is 5.75 Å². The Labute approximate surface area is 171 Å². The fourth-order valence-electron chi connectivity index (χ4n) is 4.77. The van der Waals surface area contributed by atoms with Crippen molar-refractivity contribution in [2.24, 2.45) is 0 Å². The molecule has 0 bridgehead atoms. The maximum Gasteiger partial charge on any atom is 0.327 e. The van der Waals surface area contributed by atoms with Gasteiger partial charge in [-0.25, -0.2) is 4.79 Å². The zero-order valence-corrected chi connectivity index (χ0v) is 17.5. The molecule has 0 radical (unpaired) electrons. The number of hydrogen-bond acceptors (Lipinski definition) is 5. The Kier molecular flexibility index (Phi) is 5.56. The van der Waals surface area contributed by atoms with Crippen LogP contribution >= 0.6 is 11.8 Å². The van der Waals surface area contributed by atoms with E-state index in [0.717, 1.165) is 43.7 Å². The number of amides is 3. The zero-order valence-electron chi connectivity index (χ0n) is 16.7. The molecule has 3 saturated heterocycles. The molecule has 3 aliphatic heterocycles. The lowest BCUT2D eigenvalue weighted by molar-refractivity contribution is -0.135. The molecule has 1 atom stereocenters. The van der Waals surface area contributed by atoms with E-state index in [2.05, 4.69) is 4.90 Å². The summed E-state index contributed by atoms with van der Waals surface area (Å²) in [6.45, 7) is 2.37. The number of carbonyl (C=O) groups excluding carboxylic acids is 2. The number of likely N-dealkylation sites (tertiary alicyclic amines) is 1. The maximum absolute atomic E-state index is 13.1. The van der Waals surface area contributed by atoms with Gasteiger partial charge in [-0.15, -0.1) is 0 Å². The van der Waals surface area contributed by atoms with Crippen LogP contribution in [-0.2, 0) is 11.2 Å². The number of piperidine rings is 1. The van der Waals surface area contributed by atoms with Crippen LogP contribution in [0.4, 0.5) is 4.79 Å². The van der Waals surface area contributed by atoms with E-state index >= 15 is 0 Å². The summed E-state index contributed by atoms with van der Waals surface area (Å²) >= 11 is 2.02. The van der Waals surface area contributed by atoms with Gasteiger partial charge in [-0.3, -0.25) is 14.6 Å². The first-order valence-corrected chi connectivity index (χ1v) is 11.2. The fraction of sp³-hybridized carbons (Fsp3) is 0.619. The molecule has 152 valence electrons. The van der Waals surface area contributed by atoms with E-state index in [1.165, 1.54) is 22.8 Å². The van der Waals surface area contributed by atoms with Gasteiger partial charge in [0.2, 0.25) is 0 Å². The molecule has 0 N–H and O–H groups in total. The Morgan fingerprint density at radius 2 is 1.89 bits per heavy atom. The molecule has 3 amide bonds. The van der Waals surface area contributed by atoms with Crippen molar-refractivity contribution >= 4 is 23.7 Å². The Morgan fingerprint density at radius 1 is 1.18 bits per heavy atom. The van der Waals surface area contributed by atoms with Crippen LogP contribution < -0.4 is 4.74 Å². The highest BCUT2D eigenvalue weighted by Crippen LogP contribution is 2.38. The van der Waals surface area contributed by atoms with Crippen LogP contribution in [0.25, 0.3) is 0 Å². The van der Waals surface area contributed by atoms with Gasteiger partial charge in [0.05, 0.1) is 7.11 Å². The summed E-state index contributed by atoms with van der Waals surface area (Å²) in [5, 5.41) is 0. The number of likely N-dealkylation sites (N-methyl/N-ethyl adjacent to an activating group) is 1. The monoisotopic (exact) mass is 403 g/mol. The third kappa shape index (κ3) is 3.39. The smallest absolute Gasteiger partial charge is 0.327 e. The summed E-state index contributed by atoms with van der Waals surface area (Å²) < 4.78 is 5.21. The molecule has 28 heavy (non-hydrogen) atoms. The van der Waals surface area contributed by atoms with Crippen molar-refractivity contribution in [2.45, 2.75) is 37.3 Å². The Bertz CT molecular complexity index is 725. The molecule has 4 rings (SSSR count). The highest BCUT2D eigenvalue weighted by molar-refractivity contribution is 7.99. The lowest BCUT2D eigenvalue weighted by Gasteiger charge is -2.44. The first kappa shape index (κ1) is 19.6. The van der Waals surface area contributed by atoms with E-state index in [1.807, 2.05) is 40.9 Å². The summed E-state index contributed by atoms with van der Waals surface area (Å²) in [5.41, 5.74) is 0.492. The second-order valence-corrected chi connectivity index (χ2v) is 9.13. The summed E-state index contributed by atoms with van der Waals surface area (Å²) in [7, 11) is 3.28. The second kappa shape index (κ2) is 7.95. The predicted octanol–water partition coefficient (Wildman–Crippen LogP) is 2.47. The molecular weight excluding hydrogens is 374 g/mol. The van der Waals surface area contributed by atoms with E-state index in [0.29, 0.717) is 12.6 Å². The standard InChI is InChI=1S/C21H29N3O3S/c1-22-19(25)21(9-12-23(13-10-21)17-8-14-28-15-17)24(20(22)26)11-7-16-3-5-18(27-2)6-4-16/h3-6,17H,7-15H2,1-2H3. The third-order valence-corrected chi connectivity index (χ3v) is 7.71. The summed E-state index contributed by atoms with van der Waals surface area (Å²) in [4.78, 5) is 31.6. The SMILES string of the molecule is COc1ccc(CCN2C(=O)N(C)C(=O)C23CCN(C2CCSC2)CC3)cc1. The summed E-state index contributed by atoms with van der Waals surface area (Å²) in [6, 6.07) is 8.41. The number of urea groups is 1.